The molecule has 0 bridgehead atoms. The molecule has 0 heterocycles. The molecule has 0 aliphatic carbocycles. The van der Waals surface area contributed by atoms with Crippen molar-refractivity contribution in [1.29, 1.82) is 0 Å². The van der Waals surface area contributed by atoms with Crippen molar-refractivity contribution in [2.24, 2.45) is 0 Å². The van der Waals surface area contributed by atoms with Crippen molar-refractivity contribution in [3.05, 3.63) is 0 Å². The fourth-order valence-corrected chi connectivity index (χ4v) is 3.15. The van der Waals surface area contributed by atoms with Crippen LogP contribution in [0.2, 0.25) is 0 Å². The molecule has 0 aliphatic heterocycles. The molecule has 27 heavy (non-hydrogen) atoms. The van der Waals surface area contributed by atoms with Crippen molar-refractivity contribution in [2.45, 2.75) is 136 Å². The summed E-state index contributed by atoms with van der Waals surface area (Å²) in [4.78, 5) is 21.6. The van der Waals surface area contributed by atoms with Crippen molar-refractivity contribution in [2.75, 3.05) is 0 Å². The van der Waals surface area contributed by atoms with Crippen molar-refractivity contribution >= 4 is 7.82 Å². The minimum absolute atomic E-state index is 0. The molecule has 0 aromatic rings. The monoisotopic (exact) mass is 418 g/mol. The van der Waals surface area contributed by atoms with E-state index in [-0.39, 0.29) is 31.0 Å². The molecule has 4 nitrogen and oxygen atoms in total. The maximum absolute atomic E-state index is 8.88. The summed E-state index contributed by atoms with van der Waals surface area (Å²) in [5.41, 5.74) is 0. The van der Waals surface area contributed by atoms with E-state index in [0.717, 1.165) is 0 Å². The zero-order chi connectivity index (χ0) is 19.9. The molecule has 0 saturated carbocycles. The van der Waals surface area contributed by atoms with Crippen LogP contribution in [0.5, 0.6) is 0 Å². The molecule has 0 aromatic heterocycles. The Hall–Kier alpha value is 1.11. The minimum Gasteiger partial charge on any atom is -1.00 e. The van der Waals surface area contributed by atoms with Gasteiger partial charge in [-0.1, -0.05) is 136 Å². The van der Waals surface area contributed by atoms with Crippen LogP contribution in [0.25, 0.3) is 0 Å². The van der Waals surface area contributed by atoms with Crippen LogP contribution < -0.4 is 29.6 Å². The number of hydrogen-bond donors (Lipinski definition) is 3. The third kappa shape index (κ3) is 46.8. The predicted molar refractivity (Wildman–Crippen MR) is 114 cm³/mol. The molecule has 0 spiro atoms. The standard InChI is InChI=1S/C21H44.Na.H3O4P.H/c1-3-5-7-9-11-13-15-17-19-21-20-18-16-14-12-10-8-6-4-2;;1-5(2,3)4;/h3-21H2,1-2H3;;(H3,1,2,3,4);/q;+1;;-1. The quantitative estimate of drug-likeness (QED) is 0.172. The van der Waals surface area contributed by atoms with Gasteiger partial charge < -0.3 is 16.1 Å². The third-order valence-corrected chi connectivity index (χ3v) is 4.71. The normalized spacial score (nSPS) is 10.9. The van der Waals surface area contributed by atoms with Crippen LogP contribution in [0.15, 0.2) is 0 Å². The Balaban J connectivity index is -0.000000364. The molecule has 0 radical (unpaired) electrons. The first-order valence-corrected chi connectivity index (χ1v) is 12.8. The van der Waals surface area contributed by atoms with Gasteiger partial charge in [-0.25, -0.2) is 4.57 Å². The fraction of sp³-hybridized carbons (Fsp3) is 1.00. The third-order valence-electron chi connectivity index (χ3n) is 4.71. The average Bonchev–Trinajstić information content (AvgIpc) is 2.56. The van der Waals surface area contributed by atoms with E-state index in [1.54, 1.807) is 0 Å². The Morgan fingerprint density at radius 2 is 0.593 bits per heavy atom. The van der Waals surface area contributed by atoms with E-state index in [2.05, 4.69) is 13.8 Å². The first-order chi connectivity index (χ1) is 12.4. The van der Waals surface area contributed by atoms with Crippen molar-refractivity contribution in [3.8, 4) is 0 Å². The van der Waals surface area contributed by atoms with Crippen LogP contribution in [0.3, 0.4) is 0 Å². The topological polar surface area (TPSA) is 77.8 Å². The van der Waals surface area contributed by atoms with Crippen LogP contribution in [0.4, 0.5) is 0 Å². The van der Waals surface area contributed by atoms with Gasteiger partial charge in [0.1, 0.15) is 0 Å². The molecule has 0 amide bonds. The van der Waals surface area contributed by atoms with E-state index >= 15 is 0 Å². The van der Waals surface area contributed by atoms with E-state index in [1.807, 2.05) is 0 Å². The Bertz CT molecular complexity index is 278. The largest absolute Gasteiger partial charge is 1.00 e. The molecule has 162 valence electrons. The summed E-state index contributed by atoms with van der Waals surface area (Å²) in [5.74, 6) is 0. The molecule has 6 heteroatoms. The van der Waals surface area contributed by atoms with Gasteiger partial charge in [0.05, 0.1) is 0 Å². The molecule has 3 N–H and O–H groups in total. The summed E-state index contributed by atoms with van der Waals surface area (Å²) in [6.07, 6.45) is 27.9. The van der Waals surface area contributed by atoms with Crippen LogP contribution in [0, 0.1) is 0 Å². The number of rotatable bonds is 18. The summed E-state index contributed by atoms with van der Waals surface area (Å²) < 4.78 is 8.88. The summed E-state index contributed by atoms with van der Waals surface area (Å²) in [7, 11) is -4.64. The summed E-state index contributed by atoms with van der Waals surface area (Å²) in [5, 5.41) is 0. The number of unbranched alkanes of at least 4 members (excludes halogenated alkanes) is 18. The van der Waals surface area contributed by atoms with Gasteiger partial charge in [0.15, 0.2) is 0 Å². The summed E-state index contributed by atoms with van der Waals surface area (Å²) >= 11 is 0. The van der Waals surface area contributed by atoms with Crippen LogP contribution in [0.1, 0.15) is 137 Å². The maximum Gasteiger partial charge on any atom is 1.00 e. The second-order valence-corrected chi connectivity index (χ2v) is 8.55. The zero-order valence-electron chi connectivity index (χ0n) is 19.6. The Morgan fingerprint density at radius 3 is 0.704 bits per heavy atom. The molecule has 0 aliphatic rings. The van der Waals surface area contributed by atoms with E-state index in [9.17, 15) is 0 Å². The first-order valence-electron chi connectivity index (χ1n) is 11.2. The molecule has 0 saturated heterocycles. The van der Waals surface area contributed by atoms with Crippen LogP contribution in [-0.4, -0.2) is 14.7 Å². The van der Waals surface area contributed by atoms with Crippen molar-refractivity contribution in [1.82, 2.24) is 0 Å². The van der Waals surface area contributed by atoms with Gasteiger partial charge in [0, 0.05) is 0 Å². The molecular weight excluding hydrogens is 370 g/mol. The average molecular weight is 419 g/mol. The molecular formula is C21H48NaO4P. The van der Waals surface area contributed by atoms with Gasteiger partial charge in [-0.05, 0) is 0 Å². The Morgan fingerprint density at radius 1 is 0.481 bits per heavy atom. The summed E-state index contributed by atoms with van der Waals surface area (Å²) in [6, 6.07) is 0. The van der Waals surface area contributed by atoms with Crippen molar-refractivity contribution < 1.29 is 50.2 Å². The molecule has 0 unspecified atom stereocenters. The van der Waals surface area contributed by atoms with Crippen molar-refractivity contribution in [3.63, 3.8) is 0 Å². The van der Waals surface area contributed by atoms with Gasteiger partial charge in [0.25, 0.3) is 0 Å². The van der Waals surface area contributed by atoms with Gasteiger partial charge in [0.2, 0.25) is 0 Å². The second kappa shape index (κ2) is 27.1. The van der Waals surface area contributed by atoms with E-state index in [0.29, 0.717) is 0 Å². The molecule has 0 rings (SSSR count). The van der Waals surface area contributed by atoms with Gasteiger partial charge in [-0.3, -0.25) is 0 Å². The number of hydrogen-bond acceptors (Lipinski definition) is 1. The van der Waals surface area contributed by atoms with Crippen LogP contribution in [-0.2, 0) is 4.57 Å². The van der Waals surface area contributed by atoms with E-state index in [4.69, 9.17) is 19.2 Å². The van der Waals surface area contributed by atoms with Gasteiger partial charge in [-0.2, -0.15) is 0 Å². The predicted octanol–water partition coefficient (Wildman–Crippen LogP) is 4.63. The molecule has 0 fully saturated rings. The molecule has 0 atom stereocenters. The number of phosphoric acid groups is 1. The Kier molecular flexibility index (Phi) is 32.9. The van der Waals surface area contributed by atoms with Gasteiger partial charge >= 0.3 is 37.4 Å². The SMILES string of the molecule is CCCCCCCCCCCCCCCCCCCCC.O=P(O)(O)O.[H-].[Na+]. The van der Waals surface area contributed by atoms with Crippen LogP contribution >= 0.6 is 7.82 Å². The second-order valence-electron chi connectivity index (χ2n) is 7.52. The van der Waals surface area contributed by atoms with E-state index < -0.39 is 7.82 Å². The minimum atomic E-state index is -4.64. The maximum atomic E-state index is 8.88. The molecule has 0 aromatic carbocycles. The first kappa shape index (κ1) is 32.8. The Labute approximate surface area is 193 Å². The smallest absolute Gasteiger partial charge is 1.00 e. The zero-order valence-corrected chi connectivity index (χ0v) is 21.5. The van der Waals surface area contributed by atoms with E-state index in [1.165, 1.54) is 122 Å². The fourth-order valence-electron chi connectivity index (χ4n) is 3.15. The van der Waals surface area contributed by atoms with Gasteiger partial charge in [-0.15, -0.1) is 0 Å². The summed E-state index contributed by atoms with van der Waals surface area (Å²) in [6.45, 7) is 4.60.